The average molecular weight is 416 g/mol. The molecule has 0 aliphatic rings. The minimum absolute atomic E-state index is 1.35. The second kappa shape index (κ2) is 17.6. The Hall–Kier alpha value is -0.470. The normalized spacial score (nSPS) is 12.0. The van der Waals surface area contributed by atoms with Crippen molar-refractivity contribution in [3.63, 3.8) is 0 Å². The molecule has 0 amide bonds. The number of hydrogen-bond acceptors (Lipinski definition) is 0. The van der Waals surface area contributed by atoms with Gasteiger partial charge in [-0.25, -0.2) is 0 Å². The van der Waals surface area contributed by atoms with Gasteiger partial charge in [0.1, 0.15) is 0 Å². The van der Waals surface area contributed by atoms with Gasteiger partial charge in [-0.05, 0) is 25.7 Å². The smallest absolute Gasteiger partial charge is 0.418 e. The standard InChI is InChI=1S/C16H36N.2BF4/c1-5-9-13-17(14-10-6-2,15-11-7-3)16-12-8-4;2*2-1(3,4)5/h5-16H2,1-4H3;;/q+1;2*-1. The molecule has 27 heavy (non-hydrogen) atoms. The lowest BCUT2D eigenvalue weighted by Gasteiger charge is -2.39. The zero-order valence-electron chi connectivity index (χ0n) is 17.1. The second-order valence-corrected chi connectivity index (χ2v) is 6.64. The first kappa shape index (κ1) is 31.2. The summed E-state index contributed by atoms with van der Waals surface area (Å²) in [6.45, 7) is 15.0. The van der Waals surface area contributed by atoms with Crippen LogP contribution in [0.15, 0.2) is 0 Å². The van der Waals surface area contributed by atoms with Crippen LogP contribution in [0.4, 0.5) is 34.5 Å². The van der Waals surface area contributed by atoms with Crippen LogP contribution in [0.1, 0.15) is 79.1 Å². The van der Waals surface area contributed by atoms with Crippen LogP contribution in [0.25, 0.3) is 0 Å². The Bertz CT molecular complexity index is 250. The van der Waals surface area contributed by atoms with Crippen molar-refractivity contribution in [3.05, 3.63) is 0 Å². The molecule has 0 aromatic rings. The quantitative estimate of drug-likeness (QED) is 0.175. The van der Waals surface area contributed by atoms with Gasteiger partial charge in [0.15, 0.2) is 0 Å². The van der Waals surface area contributed by atoms with Crippen molar-refractivity contribution in [2.75, 3.05) is 26.2 Å². The summed E-state index contributed by atoms with van der Waals surface area (Å²) >= 11 is 0. The molecule has 0 aromatic carbocycles. The van der Waals surface area contributed by atoms with E-state index in [4.69, 9.17) is 0 Å². The van der Waals surface area contributed by atoms with Crippen molar-refractivity contribution >= 4 is 14.5 Å². The van der Waals surface area contributed by atoms with Crippen molar-refractivity contribution in [3.8, 4) is 0 Å². The van der Waals surface area contributed by atoms with Crippen LogP contribution in [0, 0.1) is 0 Å². The highest BCUT2D eigenvalue weighted by Gasteiger charge is 2.24. The lowest BCUT2D eigenvalue weighted by Crippen LogP contribution is -2.50. The number of nitrogens with zero attached hydrogens (tertiary/aromatic N) is 1. The molecule has 1 nitrogen and oxygen atoms in total. The summed E-state index contributed by atoms with van der Waals surface area (Å²) in [7, 11) is -12.0. The van der Waals surface area contributed by atoms with Crippen LogP contribution >= 0.6 is 0 Å². The van der Waals surface area contributed by atoms with Gasteiger partial charge >= 0.3 is 14.5 Å². The molecular weight excluding hydrogens is 380 g/mol. The lowest BCUT2D eigenvalue weighted by molar-refractivity contribution is -0.929. The highest BCUT2D eigenvalue weighted by Crippen LogP contribution is 2.16. The fraction of sp³-hybridized carbons (Fsp3) is 1.00. The number of unbranched alkanes of at least 4 members (excludes halogenated alkanes) is 4. The van der Waals surface area contributed by atoms with Gasteiger partial charge in [-0.1, -0.05) is 53.4 Å². The summed E-state index contributed by atoms with van der Waals surface area (Å²) < 4.78 is 79.4. The van der Waals surface area contributed by atoms with Gasteiger partial charge in [-0.2, -0.15) is 0 Å². The third kappa shape index (κ3) is 37.1. The number of halogens is 8. The topological polar surface area (TPSA) is 0 Å². The zero-order valence-corrected chi connectivity index (χ0v) is 17.1. The van der Waals surface area contributed by atoms with Crippen molar-refractivity contribution in [1.29, 1.82) is 0 Å². The van der Waals surface area contributed by atoms with E-state index in [0.717, 1.165) is 0 Å². The third-order valence-corrected chi connectivity index (χ3v) is 3.94. The first-order chi connectivity index (χ1) is 12.2. The zero-order chi connectivity index (χ0) is 22.0. The van der Waals surface area contributed by atoms with Gasteiger partial charge in [0.2, 0.25) is 0 Å². The first-order valence-electron chi connectivity index (χ1n) is 9.84. The van der Waals surface area contributed by atoms with Crippen LogP contribution in [-0.4, -0.2) is 45.2 Å². The summed E-state index contributed by atoms with van der Waals surface area (Å²) in [6.07, 6.45) is 11.1. The summed E-state index contributed by atoms with van der Waals surface area (Å²) in [5.41, 5.74) is 0. The molecule has 11 heteroatoms. The van der Waals surface area contributed by atoms with Crippen LogP contribution in [-0.2, 0) is 0 Å². The number of rotatable bonds is 12. The van der Waals surface area contributed by atoms with E-state index >= 15 is 0 Å². The summed E-state index contributed by atoms with van der Waals surface area (Å²) in [5, 5.41) is 0. The van der Waals surface area contributed by atoms with Crippen LogP contribution in [0.2, 0.25) is 0 Å². The fourth-order valence-corrected chi connectivity index (χ4v) is 2.64. The molecule has 0 aromatic heterocycles. The summed E-state index contributed by atoms with van der Waals surface area (Å²) in [4.78, 5) is 0. The van der Waals surface area contributed by atoms with Crippen LogP contribution in [0.3, 0.4) is 0 Å². The maximum atomic E-state index is 9.75. The number of hydrogen-bond donors (Lipinski definition) is 0. The monoisotopic (exact) mass is 416 g/mol. The van der Waals surface area contributed by atoms with E-state index in [2.05, 4.69) is 27.7 Å². The van der Waals surface area contributed by atoms with Gasteiger partial charge in [-0.15, -0.1) is 0 Å². The number of quaternary nitrogens is 1. The van der Waals surface area contributed by atoms with E-state index in [9.17, 15) is 34.5 Å². The fourth-order valence-electron chi connectivity index (χ4n) is 2.64. The molecule has 0 spiro atoms. The molecule has 0 fully saturated rings. The molecule has 0 saturated carbocycles. The minimum Gasteiger partial charge on any atom is -0.418 e. The molecule has 0 rings (SSSR count). The van der Waals surface area contributed by atoms with E-state index in [1.165, 1.54) is 82.0 Å². The van der Waals surface area contributed by atoms with E-state index in [1.54, 1.807) is 0 Å². The summed E-state index contributed by atoms with van der Waals surface area (Å²) in [6, 6.07) is 0. The Morgan fingerprint density at radius 1 is 0.444 bits per heavy atom. The molecule has 0 heterocycles. The van der Waals surface area contributed by atoms with Crippen molar-refractivity contribution < 1.29 is 39.0 Å². The maximum absolute atomic E-state index is 9.75. The van der Waals surface area contributed by atoms with Gasteiger partial charge in [-0.3, -0.25) is 0 Å². The predicted octanol–water partition coefficient (Wildman–Crippen LogP) is 7.60. The SMILES string of the molecule is CCCC[N+](CCCC)(CCCC)CCCC.F[B-](F)(F)F.F[B-](F)(F)F. The Labute approximate surface area is 159 Å². The second-order valence-electron chi connectivity index (χ2n) is 6.64. The van der Waals surface area contributed by atoms with Gasteiger partial charge in [0.25, 0.3) is 0 Å². The highest BCUT2D eigenvalue weighted by molar-refractivity contribution is 6.50. The summed E-state index contributed by atoms with van der Waals surface area (Å²) in [5.74, 6) is 0. The van der Waals surface area contributed by atoms with Crippen molar-refractivity contribution in [1.82, 2.24) is 0 Å². The van der Waals surface area contributed by atoms with E-state index < -0.39 is 14.5 Å². The van der Waals surface area contributed by atoms with E-state index in [-0.39, 0.29) is 0 Å². The molecule has 0 N–H and O–H groups in total. The molecule has 0 radical (unpaired) electrons. The molecule has 0 atom stereocenters. The molecule has 0 bridgehead atoms. The third-order valence-electron chi connectivity index (χ3n) is 3.94. The van der Waals surface area contributed by atoms with Crippen molar-refractivity contribution in [2.45, 2.75) is 79.1 Å². The molecular formula is C16H36B2F8N-. The molecule has 0 unspecified atom stereocenters. The van der Waals surface area contributed by atoms with Gasteiger partial charge in [0.05, 0.1) is 26.2 Å². The minimum atomic E-state index is -6.00. The Morgan fingerprint density at radius 2 is 0.593 bits per heavy atom. The maximum Gasteiger partial charge on any atom is 0.673 e. The van der Waals surface area contributed by atoms with Gasteiger partial charge in [0, 0.05) is 0 Å². The van der Waals surface area contributed by atoms with E-state index in [1.807, 2.05) is 0 Å². The highest BCUT2D eigenvalue weighted by atomic mass is 19.5. The van der Waals surface area contributed by atoms with Crippen LogP contribution in [0.5, 0.6) is 0 Å². The molecule has 0 aliphatic heterocycles. The lowest BCUT2D eigenvalue weighted by atomic mass is 10.1. The Kier molecular flexibility index (Phi) is 20.4. The predicted molar refractivity (Wildman–Crippen MR) is 99.7 cm³/mol. The Morgan fingerprint density at radius 3 is 0.704 bits per heavy atom. The Balaban J connectivity index is -0.000000471. The largest absolute Gasteiger partial charge is 0.673 e. The average Bonchev–Trinajstić information content (AvgIpc) is 2.50. The first-order valence-corrected chi connectivity index (χ1v) is 9.84. The van der Waals surface area contributed by atoms with Crippen LogP contribution < -0.4 is 0 Å². The van der Waals surface area contributed by atoms with Crippen molar-refractivity contribution in [2.24, 2.45) is 0 Å². The molecule has 168 valence electrons. The molecule has 0 aliphatic carbocycles. The van der Waals surface area contributed by atoms with E-state index in [0.29, 0.717) is 0 Å². The van der Waals surface area contributed by atoms with Gasteiger partial charge < -0.3 is 39.0 Å². The molecule has 0 saturated heterocycles.